The van der Waals surface area contributed by atoms with Crippen LogP contribution in [0, 0.1) is 6.92 Å². The average molecular weight is 404 g/mol. The Labute approximate surface area is 175 Å². The van der Waals surface area contributed by atoms with Gasteiger partial charge in [0, 0.05) is 11.8 Å². The van der Waals surface area contributed by atoms with Gasteiger partial charge < -0.3 is 24.8 Å². The molecule has 1 amide bonds. The lowest BCUT2D eigenvalue weighted by molar-refractivity contribution is -0.117. The first kappa shape index (κ1) is 19.6. The Balaban J connectivity index is 1.62. The van der Waals surface area contributed by atoms with Crippen LogP contribution >= 0.6 is 0 Å². The van der Waals surface area contributed by atoms with Crippen molar-refractivity contribution in [2.75, 3.05) is 31.0 Å². The number of fused-ring (bicyclic) bond motifs is 1. The smallest absolute Gasteiger partial charge is 0.251 e. The quantitative estimate of drug-likeness (QED) is 0.630. The fourth-order valence-electron chi connectivity index (χ4n) is 3.37. The van der Waals surface area contributed by atoms with Crippen LogP contribution in [0.4, 0.5) is 11.4 Å². The molecular formula is C24H24N2O4. The molecule has 3 aromatic rings. The molecule has 1 atom stereocenters. The molecule has 3 aromatic carbocycles. The summed E-state index contributed by atoms with van der Waals surface area (Å²) < 4.78 is 16.7. The number of anilines is 2. The summed E-state index contributed by atoms with van der Waals surface area (Å²) in [5.41, 5.74) is 3.27. The van der Waals surface area contributed by atoms with Gasteiger partial charge in [-0.05, 0) is 42.3 Å². The van der Waals surface area contributed by atoms with E-state index in [1.807, 2.05) is 73.7 Å². The molecule has 6 nitrogen and oxygen atoms in total. The summed E-state index contributed by atoms with van der Waals surface area (Å²) >= 11 is 0. The second kappa shape index (κ2) is 8.78. The Bertz CT molecular complexity index is 1040. The zero-order valence-electron chi connectivity index (χ0n) is 17.0. The number of hydrogen-bond donors (Lipinski definition) is 2. The first-order valence-electron chi connectivity index (χ1n) is 9.80. The minimum Gasteiger partial charge on any atom is -0.495 e. The molecule has 0 unspecified atom stereocenters. The first-order valence-corrected chi connectivity index (χ1v) is 9.80. The maximum absolute atomic E-state index is 13.3. The Hall–Kier alpha value is -3.67. The molecule has 1 heterocycles. The number of ether oxygens (including phenoxy) is 3. The van der Waals surface area contributed by atoms with Crippen LogP contribution in [0.25, 0.3) is 0 Å². The van der Waals surface area contributed by atoms with Crippen molar-refractivity contribution >= 4 is 17.3 Å². The number of carbonyl (C=O) groups is 1. The number of rotatable bonds is 6. The third-order valence-electron chi connectivity index (χ3n) is 4.86. The van der Waals surface area contributed by atoms with Crippen LogP contribution in [0.3, 0.4) is 0 Å². The van der Waals surface area contributed by atoms with E-state index in [-0.39, 0.29) is 5.91 Å². The van der Waals surface area contributed by atoms with Gasteiger partial charge in [-0.1, -0.05) is 36.4 Å². The third kappa shape index (κ3) is 4.33. The normalized spacial score (nSPS) is 13.3. The minimum atomic E-state index is -0.612. The highest BCUT2D eigenvalue weighted by molar-refractivity contribution is 5.98. The van der Waals surface area contributed by atoms with Crippen molar-refractivity contribution in [1.82, 2.24) is 0 Å². The summed E-state index contributed by atoms with van der Waals surface area (Å²) in [6.07, 6.45) is 0. The fourth-order valence-corrected chi connectivity index (χ4v) is 3.37. The lowest BCUT2D eigenvalue weighted by Crippen LogP contribution is -2.27. The first-order chi connectivity index (χ1) is 14.6. The van der Waals surface area contributed by atoms with Crippen molar-refractivity contribution in [3.05, 3.63) is 77.9 Å². The van der Waals surface area contributed by atoms with Crippen LogP contribution in [0.2, 0.25) is 0 Å². The predicted octanol–water partition coefficient (Wildman–Crippen LogP) is 4.57. The number of hydrogen-bond acceptors (Lipinski definition) is 5. The lowest BCUT2D eigenvalue weighted by atomic mass is 10.0. The molecule has 0 radical (unpaired) electrons. The van der Waals surface area contributed by atoms with Crippen molar-refractivity contribution in [2.45, 2.75) is 13.0 Å². The molecule has 0 spiro atoms. The van der Waals surface area contributed by atoms with Gasteiger partial charge in [0.2, 0.25) is 0 Å². The number of benzene rings is 3. The van der Waals surface area contributed by atoms with Gasteiger partial charge in [-0.15, -0.1) is 0 Å². The van der Waals surface area contributed by atoms with Gasteiger partial charge in [0.05, 0.1) is 12.8 Å². The SMILES string of the molecule is COc1ccc(C)cc1NC(=O)[C@H](Nc1ccc2c(c1)OCCO2)c1ccccc1. The van der Waals surface area contributed by atoms with Gasteiger partial charge in [-0.2, -0.15) is 0 Å². The van der Waals surface area contributed by atoms with Crippen molar-refractivity contribution < 1.29 is 19.0 Å². The molecule has 2 N–H and O–H groups in total. The second-order valence-corrected chi connectivity index (χ2v) is 7.04. The molecule has 6 heteroatoms. The predicted molar refractivity (Wildman–Crippen MR) is 117 cm³/mol. The van der Waals surface area contributed by atoms with E-state index in [9.17, 15) is 4.79 Å². The summed E-state index contributed by atoms with van der Waals surface area (Å²) in [4.78, 5) is 13.3. The summed E-state index contributed by atoms with van der Waals surface area (Å²) in [5.74, 6) is 1.79. The highest BCUT2D eigenvalue weighted by Crippen LogP contribution is 2.34. The molecule has 4 rings (SSSR count). The van der Waals surface area contributed by atoms with E-state index < -0.39 is 6.04 Å². The van der Waals surface area contributed by atoms with E-state index in [0.29, 0.717) is 36.1 Å². The van der Waals surface area contributed by atoms with Gasteiger partial charge in [0.25, 0.3) is 5.91 Å². The highest BCUT2D eigenvalue weighted by Gasteiger charge is 2.23. The number of aryl methyl sites for hydroxylation is 1. The molecule has 0 saturated heterocycles. The maximum Gasteiger partial charge on any atom is 0.251 e. The number of amides is 1. The Morgan fingerprint density at radius 1 is 0.967 bits per heavy atom. The topological polar surface area (TPSA) is 68.8 Å². The van der Waals surface area contributed by atoms with Crippen molar-refractivity contribution in [3.8, 4) is 17.2 Å². The lowest BCUT2D eigenvalue weighted by Gasteiger charge is -2.23. The Morgan fingerprint density at radius 2 is 1.73 bits per heavy atom. The van der Waals surface area contributed by atoms with E-state index in [0.717, 1.165) is 16.8 Å². The van der Waals surface area contributed by atoms with E-state index in [4.69, 9.17) is 14.2 Å². The van der Waals surface area contributed by atoms with Gasteiger partial charge >= 0.3 is 0 Å². The number of nitrogens with one attached hydrogen (secondary N) is 2. The molecule has 154 valence electrons. The third-order valence-corrected chi connectivity index (χ3v) is 4.86. The number of carbonyl (C=O) groups excluding carboxylic acids is 1. The van der Waals surface area contributed by atoms with Gasteiger partial charge in [0.15, 0.2) is 11.5 Å². The molecule has 0 bridgehead atoms. The van der Waals surface area contributed by atoms with Gasteiger partial charge in [-0.3, -0.25) is 4.79 Å². The molecule has 0 aromatic heterocycles. The molecular weight excluding hydrogens is 380 g/mol. The van der Waals surface area contributed by atoms with Crippen molar-refractivity contribution in [2.24, 2.45) is 0 Å². The van der Waals surface area contributed by atoms with Crippen molar-refractivity contribution in [3.63, 3.8) is 0 Å². The van der Waals surface area contributed by atoms with Crippen LogP contribution in [-0.2, 0) is 4.79 Å². The average Bonchev–Trinajstić information content (AvgIpc) is 2.78. The van der Waals surface area contributed by atoms with Crippen molar-refractivity contribution in [1.29, 1.82) is 0 Å². The summed E-state index contributed by atoms with van der Waals surface area (Å²) in [6.45, 7) is 3.01. The molecule has 0 saturated carbocycles. The molecule has 0 fully saturated rings. The second-order valence-electron chi connectivity index (χ2n) is 7.04. The van der Waals surface area contributed by atoms with E-state index in [2.05, 4.69) is 10.6 Å². The monoisotopic (exact) mass is 404 g/mol. The Kier molecular flexibility index (Phi) is 5.75. The van der Waals surface area contributed by atoms with Gasteiger partial charge in [-0.25, -0.2) is 0 Å². The highest BCUT2D eigenvalue weighted by atomic mass is 16.6. The minimum absolute atomic E-state index is 0.194. The Morgan fingerprint density at radius 3 is 2.50 bits per heavy atom. The van der Waals surface area contributed by atoms with E-state index in [1.54, 1.807) is 7.11 Å². The van der Waals surface area contributed by atoms with Crippen LogP contribution in [0.15, 0.2) is 66.7 Å². The molecule has 1 aliphatic rings. The van der Waals surface area contributed by atoms with Crippen LogP contribution < -0.4 is 24.8 Å². The summed E-state index contributed by atoms with van der Waals surface area (Å²) in [7, 11) is 1.59. The summed E-state index contributed by atoms with van der Waals surface area (Å²) in [5, 5.41) is 6.33. The largest absolute Gasteiger partial charge is 0.495 e. The van der Waals surface area contributed by atoms with Crippen LogP contribution in [-0.4, -0.2) is 26.2 Å². The van der Waals surface area contributed by atoms with Gasteiger partial charge in [0.1, 0.15) is 25.0 Å². The summed E-state index contributed by atoms with van der Waals surface area (Å²) in [6, 6.07) is 20.2. The molecule has 30 heavy (non-hydrogen) atoms. The standard InChI is InChI=1S/C24H24N2O4/c1-16-8-10-20(28-2)19(14-16)26-24(27)23(17-6-4-3-5-7-17)25-18-9-11-21-22(15-18)30-13-12-29-21/h3-11,14-15,23,25H,12-13H2,1-2H3,(H,26,27)/t23-/m1/s1. The fraction of sp³-hybridized carbons (Fsp3) is 0.208. The van der Waals surface area contributed by atoms with E-state index in [1.165, 1.54) is 0 Å². The number of methoxy groups -OCH3 is 1. The van der Waals surface area contributed by atoms with E-state index >= 15 is 0 Å². The maximum atomic E-state index is 13.3. The zero-order valence-corrected chi connectivity index (χ0v) is 17.0. The van der Waals surface area contributed by atoms with Crippen LogP contribution in [0.1, 0.15) is 17.2 Å². The van der Waals surface area contributed by atoms with Crippen LogP contribution in [0.5, 0.6) is 17.2 Å². The zero-order chi connectivity index (χ0) is 20.9. The molecule has 1 aliphatic heterocycles. The molecule has 0 aliphatic carbocycles.